The Morgan fingerprint density at radius 1 is 0.923 bits per heavy atom. The van der Waals surface area contributed by atoms with Gasteiger partial charge in [-0.05, 0) is 25.7 Å². The Labute approximate surface area is 81.0 Å². The average molecular weight is 186 g/mol. The van der Waals surface area contributed by atoms with Gasteiger partial charge in [-0.2, -0.15) is 0 Å². The first-order chi connectivity index (χ1) is 6.27. The lowest BCUT2D eigenvalue weighted by Crippen LogP contribution is -2.23. The topological polar surface area (TPSA) is 40.5 Å². The Kier molecular flexibility index (Phi) is 4.74. The minimum atomic E-state index is -0.320. The molecule has 0 atom stereocenters. The summed E-state index contributed by atoms with van der Waals surface area (Å²) in [4.78, 5) is 0. The summed E-state index contributed by atoms with van der Waals surface area (Å²) in [6, 6.07) is 0. The summed E-state index contributed by atoms with van der Waals surface area (Å²) < 4.78 is 0. The van der Waals surface area contributed by atoms with Crippen LogP contribution in [0.15, 0.2) is 0 Å². The van der Waals surface area contributed by atoms with Gasteiger partial charge in [0.1, 0.15) is 0 Å². The molecule has 0 aromatic heterocycles. The molecule has 0 bridgehead atoms. The summed E-state index contributed by atoms with van der Waals surface area (Å²) >= 11 is 0. The van der Waals surface area contributed by atoms with Gasteiger partial charge in [-0.3, -0.25) is 0 Å². The number of aliphatic hydroxyl groups excluding tert-OH is 1. The van der Waals surface area contributed by atoms with E-state index in [0.29, 0.717) is 6.61 Å². The normalized spacial score (nSPS) is 20.8. The highest BCUT2D eigenvalue weighted by Gasteiger charge is 2.29. The predicted molar refractivity (Wildman–Crippen MR) is 53.6 cm³/mol. The molecule has 0 aliphatic heterocycles. The largest absolute Gasteiger partial charge is 0.396 e. The van der Waals surface area contributed by atoms with Crippen LogP contribution < -0.4 is 0 Å². The number of unbranched alkanes of at least 4 members (excludes halogenated alkanes) is 3. The second kappa shape index (κ2) is 5.61. The highest BCUT2D eigenvalue weighted by Crippen LogP contribution is 2.33. The van der Waals surface area contributed by atoms with Gasteiger partial charge >= 0.3 is 0 Å². The number of rotatable bonds is 6. The summed E-state index contributed by atoms with van der Waals surface area (Å²) in [5, 5.41) is 18.6. The van der Waals surface area contributed by atoms with Crippen LogP contribution in [0.3, 0.4) is 0 Å². The quantitative estimate of drug-likeness (QED) is 0.624. The molecule has 13 heavy (non-hydrogen) atoms. The molecule has 1 saturated carbocycles. The van der Waals surface area contributed by atoms with Gasteiger partial charge in [0.05, 0.1) is 5.60 Å². The average Bonchev–Trinajstić information content (AvgIpc) is 2.53. The Morgan fingerprint density at radius 3 is 2.15 bits per heavy atom. The van der Waals surface area contributed by atoms with Crippen LogP contribution in [-0.4, -0.2) is 22.4 Å². The Balaban J connectivity index is 1.98. The van der Waals surface area contributed by atoms with Crippen molar-refractivity contribution in [3.05, 3.63) is 0 Å². The third kappa shape index (κ3) is 4.10. The number of hydrogen-bond acceptors (Lipinski definition) is 2. The third-order valence-electron chi connectivity index (χ3n) is 3.08. The molecule has 0 unspecified atom stereocenters. The lowest BCUT2D eigenvalue weighted by atomic mass is 9.94. The fourth-order valence-corrected chi connectivity index (χ4v) is 2.20. The Bertz CT molecular complexity index is 128. The molecule has 2 nitrogen and oxygen atoms in total. The molecule has 0 aromatic carbocycles. The van der Waals surface area contributed by atoms with E-state index in [1.54, 1.807) is 0 Å². The lowest BCUT2D eigenvalue weighted by Gasteiger charge is -2.21. The van der Waals surface area contributed by atoms with Gasteiger partial charge in [0, 0.05) is 6.61 Å². The molecule has 0 amide bonds. The van der Waals surface area contributed by atoms with Crippen LogP contribution >= 0.6 is 0 Å². The highest BCUT2D eigenvalue weighted by atomic mass is 16.3. The van der Waals surface area contributed by atoms with E-state index in [0.717, 1.165) is 44.9 Å². The zero-order valence-electron chi connectivity index (χ0n) is 8.47. The van der Waals surface area contributed by atoms with Crippen molar-refractivity contribution in [3.63, 3.8) is 0 Å². The molecule has 0 saturated heterocycles. The molecule has 0 heterocycles. The highest BCUT2D eigenvalue weighted by molar-refractivity contribution is 4.83. The zero-order chi connectivity index (χ0) is 9.57. The van der Waals surface area contributed by atoms with Crippen LogP contribution in [0.25, 0.3) is 0 Å². The van der Waals surface area contributed by atoms with Crippen molar-refractivity contribution < 1.29 is 10.2 Å². The summed E-state index contributed by atoms with van der Waals surface area (Å²) in [6.07, 6.45) is 9.68. The first kappa shape index (κ1) is 11.0. The van der Waals surface area contributed by atoms with Crippen LogP contribution in [0.5, 0.6) is 0 Å². The number of aliphatic hydroxyl groups is 2. The van der Waals surface area contributed by atoms with E-state index in [9.17, 15) is 5.11 Å². The van der Waals surface area contributed by atoms with Crippen LogP contribution in [-0.2, 0) is 0 Å². The minimum Gasteiger partial charge on any atom is -0.396 e. The molecule has 2 heteroatoms. The second-order valence-electron chi connectivity index (χ2n) is 4.32. The maximum atomic E-state index is 10.00. The van der Waals surface area contributed by atoms with Crippen molar-refractivity contribution in [3.8, 4) is 0 Å². The van der Waals surface area contributed by atoms with Crippen molar-refractivity contribution >= 4 is 0 Å². The fraction of sp³-hybridized carbons (Fsp3) is 1.00. The smallest absolute Gasteiger partial charge is 0.0647 e. The van der Waals surface area contributed by atoms with E-state index in [4.69, 9.17) is 5.11 Å². The van der Waals surface area contributed by atoms with Crippen molar-refractivity contribution in [2.75, 3.05) is 6.61 Å². The van der Waals surface area contributed by atoms with E-state index >= 15 is 0 Å². The predicted octanol–water partition coefficient (Wildman–Crippen LogP) is 2.23. The standard InChI is InChI=1S/C11H22O2/c12-10-6-2-1-3-7-11(13)8-4-5-9-11/h12-13H,1-10H2. The van der Waals surface area contributed by atoms with E-state index in [2.05, 4.69) is 0 Å². The van der Waals surface area contributed by atoms with Gasteiger partial charge in [0.2, 0.25) is 0 Å². The molecular weight excluding hydrogens is 164 g/mol. The first-order valence-corrected chi connectivity index (χ1v) is 5.60. The van der Waals surface area contributed by atoms with Crippen molar-refractivity contribution in [1.29, 1.82) is 0 Å². The van der Waals surface area contributed by atoms with Gasteiger partial charge in [-0.1, -0.05) is 32.1 Å². The van der Waals surface area contributed by atoms with Crippen molar-refractivity contribution in [2.45, 2.75) is 63.4 Å². The summed E-state index contributed by atoms with van der Waals surface area (Å²) in [5.74, 6) is 0. The first-order valence-electron chi connectivity index (χ1n) is 5.60. The third-order valence-corrected chi connectivity index (χ3v) is 3.08. The molecular formula is C11H22O2. The van der Waals surface area contributed by atoms with Crippen LogP contribution in [0.2, 0.25) is 0 Å². The molecule has 2 N–H and O–H groups in total. The van der Waals surface area contributed by atoms with Gasteiger partial charge < -0.3 is 10.2 Å². The molecule has 0 spiro atoms. The summed E-state index contributed by atoms with van der Waals surface area (Å²) in [7, 11) is 0. The van der Waals surface area contributed by atoms with Crippen LogP contribution in [0, 0.1) is 0 Å². The minimum absolute atomic E-state index is 0.310. The van der Waals surface area contributed by atoms with E-state index in [1.165, 1.54) is 12.8 Å². The maximum Gasteiger partial charge on any atom is 0.0647 e. The van der Waals surface area contributed by atoms with E-state index in [1.807, 2.05) is 0 Å². The van der Waals surface area contributed by atoms with Gasteiger partial charge in [-0.25, -0.2) is 0 Å². The van der Waals surface area contributed by atoms with E-state index in [-0.39, 0.29) is 5.60 Å². The van der Waals surface area contributed by atoms with Gasteiger partial charge in [0.15, 0.2) is 0 Å². The van der Waals surface area contributed by atoms with Crippen LogP contribution in [0.1, 0.15) is 57.8 Å². The van der Waals surface area contributed by atoms with Gasteiger partial charge in [0.25, 0.3) is 0 Å². The molecule has 1 fully saturated rings. The Morgan fingerprint density at radius 2 is 1.54 bits per heavy atom. The van der Waals surface area contributed by atoms with Crippen LogP contribution in [0.4, 0.5) is 0 Å². The molecule has 1 aliphatic carbocycles. The maximum absolute atomic E-state index is 10.00. The zero-order valence-corrected chi connectivity index (χ0v) is 8.47. The number of hydrogen-bond donors (Lipinski definition) is 2. The molecule has 0 radical (unpaired) electrons. The second-order valence-corrected chi connectivity index (χ2v) is 4.32. The molecule has 78 valence electrons. The van der Waals surface area contributed by atoms with Gasteiger partial charge in [-0.15, -0.1) is 0 Å². The van der Waals surface area contributed by atoms with Crippen molar-refractivity contribution in [2.24, 2.45) is 0 Å². The van der Waals surface area contributed by atoms with E-state index < -0.39 is 0 Å². The van der Waals surface area contributed by atoms with Crippen molar-refractivity contribution in [1.82, 2.24) is 0 Å². The summed E-state index contributed by atoms with van der Waals surface area (Å²) in [5.41, 5.74) is -0.320. The SMILES string of the molecule is OCCCCCCC1(O)CCCC1. The molecule has 1 aliphatic rings. The lowest BCUT2D eigenvalue weighted by molar-refractivity contribution is 0.0361. The fourth-order valence-electron chi connectivity index (χ4n) is 2.20. The summed E-state index contributed by atoms with van der Waals surface area (Å²) in [6.45, 7) is 0.310. The Hall–Kier alpha value is -0.0800. The monoisotopic (exact) mass is 186 g/mol. The molecule has 1 rings (SSSR count). The molecule has 0 aromatic rings.